The van der Waals surface area contributed by atoms with Gasteiger partial charge in [-0.15, -0.1) is 0 Å². The van der Waals surface area contributed by atoms with E-state index < -0.39 is 0 Å². The molecule has 4 aromatic rings. The second-order valence-corrected chi connectivity index (χ2v) is 8.51. The van der Waals surface area contributed by atoms with Crippen molar-refractivity contribution in [2.75, 3.05) is 6.61 Å². The Hall–Kier alpha value is -3.26. The Morgan fingerprint density at radius 2 is 1.88 bits per heavy atom. The van der Waals surface area contributed by atoms with Crippen molar-refractivity contribution in [3.63, 3.8) is 0 Å². The van der Waals surface area contributed by atoms with Gasteiger partial charge in [-0.1, -0.05) is 6.07 Å². The Balaban J connectivity index is 1.62. The first kappa shape index (κ1) is 20.6. The van der Waals surface area contributed by atoms with Gasteiger partial charge in [0.25, 0.3) is 0 Å². The zero-order chi connectivity index (χ0) is 22.4. The van der Waals surface area contributed by atoms with E-state index in [0.29, 0.717) is 34.9 Å². The molecule has 2 atom stereocenters. The van der Waals surface area contributed by atoms with Crippen LogP contribution in [0.25, 0.3) is 22.4 Å². The van der Waals surface area contributed by atoms with E-state index in [1.54, 1.807) is 10.7 Å². The third-order valence-electron chi connectivity index (χ3n) is 6.09. The average molecular weight is 433 g/mol. The van der Waals surface area contributed by atoms with Crippen LogP contribution in [0.5, 0.6) is 0 Å². The van der Waals surface area contributed by atoms with Crippen LogP contribution in [0.4, 0.5) is 4.39 Å². The molecule has 0 N–H and O–H groups in total. The predicted octanol–water partition coefficient (Wildman–Crippen LogP) is 4.52. The normalized spacial score (nSPS) is 18.9. The van der Waals surface area contributed by atoms with E-state index in [1.807, 2.05) is 46.3 Å². The summed E-state index contributed by atoms with van der Waals surface area (Å²) in [5.74, 6) is 0.396. The highest BCUT2D eigenvalue weighted by Crippen LogP contribution is 2.38. The molecule has 0 amide bonds. The predicted molar refractivity (Wildman–Crippen MR) is 119 cm³/mol. The summed E-state index contributed by atoms with van der Waals surface area (Å²) in [7, 11) is 1.89. The summed E-state index contributed by atoms with van der Waals surface area (Å²) < 4.78 is 22.7. The zero-order valence-electron chi connectivity index (χ0n) is 18.6. The van der Waals surface area contributed by atoms with Crippen molar-refractivity contribution >= 4 is 11.2 Å². The van der Waals surface area contributed by atoms with Crippen molar-refractivity contribution in [3.05, 3.63) is 64.7 Å². The average Bonchev–Trinajstić information content (AvgIpc) is 3.21. The van der Waals surface area contributed by atoms with Crippen molar-refractivity contribution in [2.45, 2.75) is 45.6 Å². The van der Waals surface area contributed by atoms with E-state index in [-0.39, 0.29) is 17.8 Å². The van der Waals surface area contributed by atoms with Crippen LogP contribution < -0.4 is 0 Å². The van der Waals surface area contributed by atoms with Crippen molar-refractivity contribution in [1.82, 2.24) is 29.7 Å². The number of nitrogens with zero attached hydrogens (tertiary/aromatic N) is 6. The summed E-state index contributed by atoms with van der Waals surface area (Å²) in [6, 6.07) is 5.16. The lowest BCUT2D eigenvalue weighted by Gasteiger charge is -2.28. The van der Waals surface area contributed by atoms with Crippen molar-refractivity contribution < 1.29 is 9.13 Å². The van der Waals surface area contributed by atoms with E-state index in [2.05, 4.69) is 15.1 Å². The molecule has 8 heteroatoms. The van der Waals surface area contributed by atoms with Gasteiger partial charge in [0.2, 0.25) is 0 Å². The second-order valence-electron chi connectivity index (χ2n) is 8.51. The molecule has 0 radical (unpaired) electrons. The van der Waals surface area contributed by atoms with Crippen molar-refractivity contribution in [1.29, 1.82) is 0 Å². The smallest absolute Gasteiger partial charge is 0.182 e. The van der Waals surface area contributed by atoms with Gasteiger partial charge in [0.1, 0.15) is 22.9 Å². The quantitative estimate of drug-likeness (QED) is 0.474. The number of rotatable bonds is 3. The second kappa shape index (κ2) is 8.02. The first-order chi connectivity index (χ1) is 15.4. The van der Waals surface area contributed by atoms with Crippen LogP contribution in [0.15, 0.2) is 30.6 Å². The molecular formula is C24H25FN6O. The van der Waals surface area contributed by atoms with Crippen LogP contribution in [-0.2, 0) is 11.8 Å². The molecular weight excluding hydrogens is 407 g/mol. The van der Waals surface area contributed by atoms with Gasteiger partial charge < -0.3 is 4.74 Å². The molecule has 164 valence electrons. The summed E-state index contributed by atoms with van der Waals surface area (Å²) in [4.78, 5) is 19.0. The summed E-state index contributed by atoms with van der Waals surface area (Å²) in [6.45, 7) is 6.26. The topological polar surface area (TPSA) is 78.6 Å². The zero-order valence-corrected chi connectivity index (χ0v) is 18.6. The Morgan fingerprint density at radius 3 is 2.62 bits per heavy atom. The highest BCUT2D eigenvalue weighted by Gasteiger charge is 2.29. The number of aryl methyl sites for hydroxylation is 4. The van der Waals surface area contributed by atoms with Gasteiger partial charge in [0.15, 0.2) is 5.65 Å². The molecule has 4 heterocycles. The first-order valence-electron chi connectivity index (χ1n) is 10.8. The van der Waals surface area contributed by atoms with E-state index in [1.165, 1.54) is 6.07 Å². The van der Waals surface area contributed by atoms with E-state index in [0.717, 1.165) is 35.4 Å². The molecule has 1 saturated heterocycles. The maximum atomic E-state index is 15.0. The number of hydrogen-bond donors (Lipinski definition) is 0. The maximum Gasteiger partial charge on any atom is 0.182 e. The molecule has 0 bridgehead atoms. The van der Waals surface area contributed by atoms with Gasteiger partial charge in [0.05, 0.1) is 23.7 Å². The summed E-state index contributed by atoms with van der Waals surface area (Å²) >= 11 is 0. The molecule has 0 aliphatic carbocycles. The van der Waals surface area contributed by atoms with E-state index in [9.17, 15) is 4.39 Å². The molecule has 2 unspecified atom stereocenters. The maximum absolute atomic E-state index is 15.0. The minimum absolute atomic E-state index is 0.0639. The van der Waals surface area contributed by atoms with Crippen LogP contribution in [0.2, 0.25) is 0 Å². The van der Waals surface area contributed by atoms with Crippen LogP contribution >= 0.6 is 0 Å². The molecule has 3 aromatic heterocycles. The Bertz CT molecular complexity index is 1320. The molecule has 1 fully saturated rings. The molecule has 5 rings (SSSR count). The summed E-state index contributed by atoms with van der Waals surface area (Å²) in [5, 5.41) is 4.26. The monoisotopic (exact) mass is 432 g/mol. The molecule has 1 aliphatic rings. The van der Waals surface area contributed by atoms with Crippen LogP contribution in [0, 0.1) is 26.6 Å². The van der Waals surface area contributed by atoms with Crippen molar-refractivity contribution in [3.8, 4) is 11.3 Å². The van der Waals surface area contributed by atoms with E-state index in [4.69, 9.17) is 14.7 Å². The van der Waals surface area contributed by atoms with Gasteiger partial charge in [0, 0.05) is 36.9 Å². The third kappa shape index (κ3) is 3.75. The molecule has 1 aromatic carbocycles. The highest BCUT2D eigenvalue weighted by molar-refractivity contribution is 5.87. The van der Waals surface area contributed by atoms with Crippen LogP contribution in [0.1, 0.15) is 53.2 Å². The fourth-order valence-electron chi connectivity index (χ4n) is 4.18. The first-order valence-corrected chi connectivity index (χ1v) is 10.8. The lowest BCUT2D eigenvalue weighted by Crippen LogP contribution is -2.20. The summed E-state index contributed by atoms with van der Waals surface area (Å²) in [6.07, 6.45) is 5.24. The van der Waals surface area contributed by atoms with Crippen molar-refractivity contribution in [2.24, 2.45) is 7.05 Å². The molecule has 32 heavy (non-hydrogen) atoms. The molecule has 0 spiro atoms. The van der Waals surface area contributed by atoms with Gasteiger partial charge in [-0.2, -0.15) is 5.10 Å². The largest absolute Gasteiger partial charge is 0.373 e. The van der Waals surface area contributed by atoms with Gasteiger partial charge >= 0.3 is 0 Å². The number of ether oxygens (including phenoxy) is 1. The fraction of sp³-hybridized carbons (Fsp3) is 0.375. The number of benzene rings is 1. The molecule has 1 aliphatic heterocycles. The minimum atomic E-state index is -0.323. The Morgan fingerprint density at radius 1 is 1.06 bits per heavy atom. The number of halogens is 1. The fourth-order valence-corrected chi connectivity index (χ4v) is 4.18. The van der Waals surface area contributed by atoms with Gasteiger partial charge in [-0.3, -0.25) is 4.68 Å². The highest BCUT2D eigenvalue weighted by atomic mass is 19.1. The number of aromatic nitrogens is 6. The minimum Gasteiger partial charge on any atom is -0.373 e. The Kier molecular flexibility index (Phi) is 5.17. The molecule has 0 saturated carbocycles. The van der Waals surface area contributed by atoms with E-state index >= 15 is 0 Å². The lowest BCUT2D eigenvalue weighted by molar-refractivity contribution is 0.00398. The Labute approximate surface area is 185 Å². The lowest BCUT2D eigenvalue weighted by atomic mass is 9.92. The van der Waals surface area contributed by atoms with Crippen LogP contribution in [-0.4, -0.2) is 36.3 Å². The number of hydrogen-bond acceptors (Lipinski definition) is 6. The standard InChI is InChI=1S/C24H25FN6O/c1-13-5-6-18(19(25)9-13)21-22-24(28-15(3)14(2)27-22)30-23(29-21)16-7-8-32-20(10-16)17-11-26-31(4)12-17/h5-6,9,11-12,16,20H,7-8,10H2,1-4H3. The van der Waals surface area contributed by atoms with Crippen LogP contribution in [0.3, 0.4) is 0 Å². The van der Waals surface area contributed by atoms with Gasteiger partial charge in [-0.25, -0.2) is 24.3 Å². The third-order valence-corrected chi connectivity index (χ3v) is 6.09. The number of fused-ring (bicyclic) bond motifs is 1. The van der Waals surface area contributed by atoms with Gasteiger partial charge in [-0.05, 0) is 51.3 Å². The SMILES string of the molecule is Cc1ccc(-c2nc(C3CCOC(c4cnn(C)c4)C3)nc3nc(C)c(C)nc23)c(F)c1. The summed E-state index contributed by atoms with van der Waals surface area (Å²) in [5.41, 5.74) is 5.40. The molecule has 7 nitrogen and oxygen atoms in total.